The highest BCUT2D eigenvalue weighted by atomic mass is 32.1. The third kappa shape index (κ3) is 4.92. The first-order valence-corrected chi connectivity index (χ1v) is 9.59. The molecule has 7 nitrogen and oxygen atoms in total. The lowest BCUT2D eigenvalue weighted by molar-refractivity contribution is -0.126. The Morgan fingerprint density at radius 3 is 2.75 bits per heavy atom. The molecule has 0 aliphatic rings. The molecule has 0 saturated carbocycles. The van der Waals surface area contributed by atoms with E-state index >= 15 is 0 Å². The molecular formula is C20H19N3O4S. The Balaban J connectivity index is 1.45. The number of anilines is 1. The van der Waals surface area contributed by atoms with Gasteiger partial charge in [-0.15, -0.1) is 11.3 Å². The summed E-state index contributed by atoms with van der Waals surface area (Å²) in [7, 11) is 0. The molecule has 1 heterocycles. The second-order valence-electron chi connectivity index (χ2n) is 5.95. The number of amides is 2. The zero-order chi connectivity index (χ0) is 19.9. The maximum absolute atomic E-state index is 12.1. The Labute approximate surface area is 165 Å². The number of aryl methyl sites for hydroxylation is 1. The van der Waals surface area contributed by atoms with E-state index in [2.05, 4.69) is 15.6 Å². The van der Waals surface area contributed by atoms with Crippen LogP contribution in [0.3, 0.4) is 0 Å². The van der Waals surface area contributed by atoms with Crippen LogP contribution in [0.4, 0.5) is 5.69 Å². The van der Waals surface area contributed by atoms with Gasteiger partial charge in [0.2, 0.25) is 5.91 Å². The van der Waals surface area contributed by atoms with Gasteiger partial charge < -0.3 is 15.4 Å². The second kappa shape index (κ2) is 9.09. The minimum absolute atomic E-state index is 0.207. The maximum atomic E-state index is 12.1. The zero-order valence-corrected chi connectivity index (χ0v) is 16.0. The Kier molecular flexibility index (Phi) is 6.33. The van der Waals surface area contributed by atoms with Gasteiger partial charge in [-0.2, -0.15) is 0 Å². The van der Waals surface area contributed by atoms with Crippen molar-refractivity contribution >= 4 is 45.0 Å². The molecule has 0 fully saturated rings. The first kappa shape index (κ1) is 19.5. The third-order valence-corrected chi connectivity index (χ3v) is 4.81. The first-order valence-electron chi connectivity index (χ1n) is 8.71. The molecule has 0 saturated heterocycles. The van der Waals surface area contributed by atoms with E-state index in [4.69, 9.17) is 4.74 Å². The highest BCUT2D eigenvalue weighted by Crippen LogP contribution is 2.19. The molecule has 0 atom stereocenters. The monoisotopic (exact) mass is 397 g/mol. The van der Waals surface area contributed by atoms with Crippen molar-refractivity contribution in [1.82, 2.24) is 10.3 Å². The van der Waals surface area contributed by atoms with E-state index in [0.717, 1.165) is 22.2 Å². The molecule has 3 rings (SSSR count). The molecule has 3 aromatic rings. The lowest BCUT2D eigenvalue weighted by Gasteiger charge is -2.10. The molecule has 2 N–H and O–H groups in total. The van der Waals surface area contributed by atoms with Crippen LogP contribution in [0.25, 0.3) is 10.2 Å². The van der Waals surface area contributed by atoms with Gasteiger partial charge in [-0.1, -0.05) is 25.1 Å². The highest BCUT2D eigenvalue weighted by Gasteiger charge is 2.13. The second-order valence-corrected chi connectivity index (χ2v) is 6.83. The van der Waals surface area contributed by atoms with Crippen molar-refractivity contribution in [3.8, 4) is 0 Å². The Hall–Kier alpha value is -3.26. The lowest BCUT2D eigenvalue weighted by atomic mass is 10.1. The van der Waals surface area contributed by atoms with Crippen LogP contribution in [-0.2, 0) is 20.7 Å². The van der Waals surface area contributed by atoms with Crippen molar-refractivity contribution in [3.05, 3.63) is 59.1 Å². The van der Waals surface area contributed by atoms with Crippen LogP contribution in [0.1, 0.15) is 22.8 Å². The van der Waals surface area contributed by atoms with Gasteiger partial charge in [-0.25, -0.2) is 9.78 Å². The summed E-state index contributed by atoms with van der Waals surface area (Å²) in [5.74, 6) is -1.51. The van der Waals surface area contributed by atoms with E-state index in [1.54, 1.807) is 29.8 Å². The molecule has 0 radical (unpaired) electrons. The van der Waals surface area contributed by atoms with Gasteiger partial charge in [0.05, 0.1) is 27.8 Å². The molecule has 0 unspecified atom stereocenters. The number of fused-ring (bicyclic) bond motifs is 1. The number of aromatic nitrogens is 1. The number of benzene rings is 2. The maximum Gasteiger partial charge on any atom is 0.338 e. The minimum atomic E-state index is -0.605. The summed E-state index contributed by atoms with van der Waals surface area (Å²) in [6.07, 6.45) is 0.784. The van der Waals surface area contributed by atoms with Crippen LogP contribution in [0.2, 0.25) is 0 Å². The molecule has 0 spiro atoms. The zero-order valence-electron chi connectivity index (χ0n) is 15.2. The molecule has 0 aliphatic carbocycles. The largest absolute Gasteiger partial charge is 0.452 e. The van der Waals surface area contributed by atoms with Gasteiger partial charge in [0.1, 0.15) is 0 Å². The van der Waals surface area contributed by atoms with Crippen LogP contribution < -0.4 is 10.6 Å². The normalized spacial score (nSPS) is 10.5. The molecule has 1 aromatic heterocycles. The van der Waals surface area contributed by atoms with Crippen LogP contribution >= 0.6 is 11.3 Å². The summed E-state index contributed by atoms with van der Waals surface area (Å²) in [4.78, 5) is 40.1. The van der Waals surface area contributed by atoms with Crippen molar-refractivity contribution in [2.45, 2.75) is 13.3 Å². The standard InChI is InChI=1S/C20H19N3O4S/c1-2-13-5-3-4-6-15(13)23-18(24)10-21-19(25)11-27-20(26)14-7-8-16-17(9-14)28-12-22-16/h3-9,12H,2,10-11H2,1H3,(H,21,25)(H,23,24). The molecule has 0 aliphatic heterocycles. The Morgan fingerprint density at radius 2 is 1.93 bits per heavy atom. The van der Waals surface area contributed by atoms with Crippen LogP contribution in [0.15, 0.2) is 48.0 Å². The number of nitrogens with one attached hydrogen (secondary N) is 2. The summed E-state index contributed by atoms with van der Waals surface area (Å²) >= 11 is 1.42. The Bertz CT molecular complexity index is 1020. The van der Waals surface area contributed by atoms with E-state index in [1.165, 1.54) is 11.3 Å². The van der Waals surface area contributed by atoms with Gasteiger partial charge >= 0.3 is 5.97 Å². The van der Waals surface area contributed by atoms with Crippen LogP contribution in [0, 0.1) is 0 Å². The van der Waals surface area contributed by atoms with Gasteiger partial charge in [0.15, 0.2) is 6.61 Å². The molecular weight excluding hydrogens is 378 g/mol. The summed E-state index contributed by atoms with van der Waals surface area (Å²) in [6, 6.07) is 12.5. The Morgan fingerprint density at radius 1 is 1.11 bits per heavy atom. The summed E-state index contributed by atoms with van der Waals surface area (Å²) in [6.45, 7) is 1.33. The number of para-hydroxylation sites is 1. The van der Waals surface area contributed by atoms with Crippen molar-refractivity contribution < 1.29 is 19.1 Å². The number of thiazole rings is 1. The predicted molar refractivity (Wildman–Crippen MR) is 107 cm³/mol. The predicted octanol–water partition coefficient (Wildman–Crippen LogP) is 2.77. The summed E-state index contributed by atoms with van der Waals surface area (Å²) in [5, 5.41) is 5.19. The molecule has 2 amide bonds. The fraction of sp³-hybridized carbons (Fsp3) is 0.200. The van der Waals surface area contributed by atoms with Crippen molar-refractivity contribution in [2.75, 3.05) is 18.5 Å². The number of carbonyl (C=O) groups is 3. The number of rotatable bonds is 7. The number of esters is 1. The number of nitrogens with zero attached hydrogens (tertiary/aromatic N) is 1. The lowest BCUT2D eigenvalue weighted by Crippen LogP contribution is -2.35. The summed E-state index contributed by atoms with van der Waals surface area (Å²) in [5.41, 5.74) is 4.56. The van der Waals surface area contributed by atoms with Crippen LogP contribution in [0.5, 0.6) is 0 Å². The van der Waals surface area contributed by atoms with Crippen molar-refractivity contribution in [2.24, 2.45) is 0 Å². The molecule has 8 heteroatoms. The molecule has 28 heavy (non-hydrogen) atoms. The third-order valence-electron chi connectivity index (χ3n) is 4.02. The van der Waals surface area contributed by atoms with E-state index in [9.17, 15) is 14.4 Å². The van der Waals surface area contributed by atoms with Crippen LogP contribution in [-0.4, -0.2) is 35.9 Å². The van der Waals surface area contributed by atoms with Gasteiger partial charge in [0, 0.05) is 5.69 Å². The first-order chi connectivity index (χ1) is 13.6. The number of hydrogen-bond acceptors (Lipinski definition) is 6. The molecule has 144 valence electrons. The highest BCUT2D eigenvalue weighted by molar-refractivity contribution is 7.16. The smallest absolute Gasteiger partial charge is 0.338 e. The number of ether oxygens (including phenoxy) is 1. The number of hydrogen-bond donors (Lipinski definition) is 2. The molecule has 2 aromatic carbocycles. The van der Waals surface area contributed by atoms with Gasteiger partial charge in [-0.05, 0) is 36.2 Å². The van der Waals surface area contributed by atoms with Crippen molar-refractivity contribution in [3.63, 3.8) is 0 Å². The topological polar surface area (TPSA) is 97.4 Å². The van der Waals surface area contributed by atoms with E-state index < -0.39 is 18.5 Å². The van der Waals surface area contributed by atoms with E-state index in [0.29, 0.717) is 11.3 Å². The van der Waals surface area contributed by atoms with E-state index in [-0.39, 0.29) is 12.5 Å². The summed E-state index contributed by atoms with van der Waals surface area (Å²) < 4.78 is 5.87. The fourth-order valence-electron chi connectivity index (χ4n) is 2.57. The average Bonchev–Trinajstić information content (AvgIpc) is 3.18. The quantitative estimate of drug-likeness (QED) is 0.598. The van der Waals surface area contributed by atoms with Gasteiger partial charge in [0.25, 0.3) is 5.91 Å². The molecule has 0 bridgehead atoms. The van der Waals surface area contributed by atoms with Crippen molar-refractivity contribution in [1.29, 1.82) is 0 Å². The average molecular weight is 397 g/mol. The minimum Gasteiger partial charge on any atom is -0.452 e. The number of carbonyl (C=O) groups excluding carboxylic acids is 3. The van der Waals surface area contributed by atoms with E-state index in [1.807, 2.05) is 25.1 Å². The fourth-order valence-corrected chi connectivity index (χ4v) is 3.29. The van der Waals surface area contributed by atoms with Gasteiger partial charge in [-0.3, -0.25) is 9.59 Å². The SMILES string of the molecule is CCc1ccccc1NC(=O)CNC(=O)COC(=O)c1ccc2ncsc2c1.